The maximum atomic E-state index is 9.89. The molecule has 0 aromatic heterocycles. The normalized spacial score (nSPS) is 14.8. The second-order valence-electron chi connectivity index (χ2n) is 3.65. The number of rotatable bonds is 3. The third kappa shape index (κ3) is 2.71. The van der Waals surface area contributed by atoms with Crippen molar-refractivity contribution in [2.45, 2.75) is 26.0 Å². The van der Waals surface area contributed by atoms with Crippen LogP contribution < -0.4 is 10.5 Å². The average molecular weight is 274 g/mol. The summed E-state index contributed by atoms with van der Waals surface area (Å²) in [5.41, 5.74) is 7.47. The summed E-state index contributed by atoms with van der Waals surface area (Å²) in [5.74, 6) is 0.704. The Bertz CT molecular complexity index is 353. The van der Waals surface area contributed by atoms with Crippen molar-refractivity contribution in [1.29, 1.82) is 0 Å². The molecule has 0 saturated carbocycles. The lowest BCUT2D eigenvalue weighted by Crippen LogP contribution is -2.25. The fourth-order valence-electron chi connectivity index (χ4n) is 1.43. The second kappa shape index (κ2) is 4.96. The lowest BCUT2D eigenvalue weighted by Gasteiger charge is -2.18. The Labute approximate surface area is 98.4 Å². The third-order valence-electron chi connectivity index (χ3n) is 2.36. The molecule has 1 aromatic carbocycles. The van der Waals surface area contributed by atoms with Crippen LogP contribution in [-0.4, -0.2) is 18.3 Å². The highest BCUT2D eigenvalue weighted by molar-refractivity contribution is 9.10. The molecule has 0 saturated heterocycles. The first-order valence-electron chi connectivity index (χ1n) is 4.75. The number of benzene rings is 1. The monoisotopic (exact) mass is 273 g/mol. The van der Waals surface area contributed by atoms with Gasteiger partial charge in [0.15, 0.2) is 0 Å². The molecule has 15 heavy (non-hydrogen) atoms. The molecule has 0 fully saturated rings. The van der Waals surface area contributed by atoms with Crippen molar-refractivity contribution < 1.29 is 9.84 Å². The van der Waals surface area contributed by atoms with E-state index in [-0.39, 0.29) is 6.04 Å². The molecule has 0 bridgehead atoms. The molecule has 2 atom stereocenters. The summed E-state index contributed by atoms with van der Waals surface area (Å²) in [5, 5.41) is 9.89. The number of methoxy groups -OCH3 is 1. The van der Waals surface area contributed by atoms with Crippen LogP contribution in [0.5, 0.6) is 5.75 Å². The first kappa shape index (κ1) is 12.5. The predicted molar refractivity (Wildman–Crippen MR) is 64.0 cm³/mol. The molecule has 2 unspecified atom stereocenters. The van der Waals surface area contributed by atoms with Crippen LogP contribution in [0.25, 0.3) is 0 Å². The van der Waals surface area contributed by atoms with Crippen LogP contribution in [0.3, 0.4) is 0 Å². The Morgan fingerprint density at radius 2 is 2.07 bits per heavy atom. The zero-order valence-electron chi connectivity index (χ0n) is 9.12. The largest absolute Gasteiger partial charge is 0.496 e. The summed E-state index contributed by atoms with van der Waals surface area (Å²) < 4.78 is 6.05. The number of aliphatic hydroxyl groups is 1. The van der Waals surface area contributed by atoms with Gasteiger partial charge in [0.25, 0.3) is 0 Å². The lowest BCUT2D eigenvalue weighted by atomic mass is 9.99. The Hall–Kier alpha value is -0.580. The molecule has 0 aliphatic carbocycles. The van der Waals surface area contributed by atoms with Crippen LogP contribution in [0.15, 0.2) is 16.6 Å². The van der Waals surface area contributed by atoms with Crippen molar-refractivity contribution in [3.8, 4) is 5.75 Å². The van der Waals surface area contributed by atoms with E-state index in [1.165, 1.54) is 0 Å². The van der Waals surface area contributed by atoms with Gasteiger partial charge in [-0.05, 0) is 53.0 Å². The number of hydrogen-bond acceptors (Lipinski definition) is 3. The molecule has 0 aliphatic heterocycles. The van der Waals surface area contributed by atoms with Crippen molar-refractivity contribution in [3.05, 3.63) is 27.7 Å². The van der Waals surface area contributed by atoms with Gasteiger partial charge in [-0.1, -0.05) is 0 Å². The van der Waals surface area contributed by atoms with Crippen molar-refractivity contribution >= 4 is 15.9 Å². The van der Waals surface area contributed by atoms with E-state index in [1.807, 2.05) is 19.1 Å². The Morgan fingerprint density at radius 1 is 1.47 bits per heavy atom. The molecule has 0 radical (unpaired) electrons. The van der Waals surface area contributed by atoms with Crippen LogP contribution in [0.4, 0.5) is 0 Å². The minimum atomic E-state index is -0.660. The molecule has 0 heterocycles. The summed E-state index contributed by atoms with van der Waals surface area (Å²) in [4.78, 5) is 0. The highest BCUT2D eigenvalue weighted by Crippen LogP contribution is 2.31. The second-order valence-corrected chi connectivity index (χ2v) is 4.50. The third-order valence-corrected chi connectivity index (χ3v) is 2.98. The first-order chi connectivity index (χ1) is 6.97. The summed E-state index contributed by atoms with van der Waals surface area (Å²) >= 11 is 3.39. The first-order valence-corrected chi connectivity index (χ1v) is 5.54. The molecule has 1 aromatic rings. The zero-order chi connectivity index (χ0) is 11.6. The van der Waals surface area contributed by atoms with Crippen LogP contribution >= 0.6 is 15.9 Å². The van der Waals surface area contributed by atoms with Crippen LogP contribution in [0, 0.1) is 6.92 Å². The van der Waals surface area contributed by atoms with Gasteiger partial charge < -0.3 is 15.6 Å². The number of aryl methyl sites for hydroxylation is 1. The van der Waals surface area contributed by atoms with Crippen LogP contribution in [0.1, 0.15) is 24.2 Å². The topological polar surface area (TPSA) is 55.5 Å². The van der Waals surface area contributed by atoms with E-state index in [0.717, 1.165) is 15.6 Å². The van der Waals surface area contributed by atoms with E-state index in [0.29, 0.717) is 5.75 Å². The average Bonchev–Trinajstić information content (AvgIpc) is 2.17. The smallest absolute Gasteiger partial charge is 0.133 e. The van der Waals surface area contributed by atoms with E-state index in [1.54, 1.807) is 14.0 Å². The minimum absolute atomic E-state index is 0.297. The highest BCUT2D eigenvalue weighted by atomic mass is 79.9. The summed E-state index contributed by atoms with van der Waals surface area (Å²) in [7, 11) is 1.59. The molecule has 0 spiro atoms. The zero-order valence-corrected chi connectivity index (χ0v) is 10.7. The summed E-state index contributed by atoms with van der Waals surface area (Å²) in [6.07, 6.45) is -0.660. The summed E-state index contributed by atoms with van der Waals surface area (Å²) in [6.45, 7) is 3.71. The van der Waals surface area contributed by atoms with Gasteiger partial charge in [-0.15, -0.1) is 0 Å². The molecular weight excluding hydrogens is 258 g/mol. The Kier molecular flexibility index (Phi) is 4.13. The van der Waals surface area contributed by atoms with E-state index in [4.69, 9.17) is 10.5 Å². The van der Waals surface area contributed by atoms with Gasteiger partial charge in [0.2, 0.25) is 0 Å². The van der Waals surface area contributed by atoms with E-state index >= 15 is 0 Å². The van der Waals surface area contributed by atoms with Gasteiger partial charge >= 0.3 is 0 Å². The van der Waals surface area contributed by atoms with Gasteiger partial charge in [0.05, 0.1) is 17.7 Å². The number of halogens is 1. The highest BCUT2D eigenvalue weighted by Gasteiger charge is 2.16. The van der Waals surface area contributed by atoms with Gasteiger partial charge in [-0.25, -0.2) is 0 Å². The molecule has 1 rings (SSSR count). The van der Waals surface area contributed by atoms with Gasteiger partial charge in [0.1, 0.15) is 5.75 Å². The van der Waals surface area contributed by atoms with Gasteiger partial charge in [-0.2, -0.15) is 0 Å². The number of aliphatic hydroxyl groups excluding tert-OH is 1. The van der Waals surface area contributed by atoms with Crippen molar-refractivity contribution in [1.82, 2.24) is 0 Å². The van der Waals surface area contributed by atoms with Crippen molar-refractivity contribution in [2.24, 2.45) is 5.73 Å². The van der Waals surface area contributed by atoms with Crippen molar-refractivity contribution in [3.63, 3.8) is 0 Å². The molecule has 3 nitrogen and oxygen atoms in total. The lowest BCUT2D eigenvalue weighted by molar-refractivity contribution is 0.152. The van der Waals surface area contributed by atoms with Crippen molar-refractivity contribution in [2.75, 3.05) is 7.11 Å². The molecular formula is C11H16BrNO2. The Balaban J connectivity index is 3.18. The quantitative estimate of drug-likeness (QED) is 0.888. The van der Waals surface area contributed by atoms with Crippen LogP contribution in [-0.2, 0) is 0 Å². The predicted octanol–water partition coefficient (Wildman–Crippen LogP) is 2.15. The fraction of sp³-hybridized carbons (Fsp3) is 0.455. The SMILES string of the molecule is COc1cc(C(O)C(C)N)c(C)cc1Br. The Morgan fingerprint density at radius 3 is 2.53 bits per heavy atom. The molecule has 0 amide bonds. The number of ether oxygens (including phenoxy) is 1. The molecule has 4 heteroatoms. The maximum Gasteiger partial charge on any atom is 0.133 e. The molecule has 3 N–H and O–H groups in total. The van der Waals surface area contributed by atoms with Crippen LogP contribution in [0.2, 0.25) is 0 Å². The van der Waals surface area contributed by atoms with Gasteiger partial charge in [0, 0.05) is 6.04 Å². The number of nitrogens with two attached hydrogens (primary N) is 1. The standard InChI is InChI=1S/C11H16BrNO2/c1-6-4-9(12)10(15-3)5-8(6)11(14)7(2)13/h4-5,7,11,14H,13H2,1-3H3. The van der Waals surface area contributed by atoms with E-state index < -0.39 is 6.10 Å². The summed E-state index contributed by atoms with van der Waals surface area (Å²) in [6, 6.07) is 3.43. The minimum Gasteiger partial charge on any atom is -0.496 e. The van der Waals surface area contributed by atoms with E-state index in [9.17, 15) is 5.11 Å². The molecule has 84 valence electrons. The number of hydrogen-bond donors (Lipinski definition) is 2. The maximum absolute atomic E-state index is 9.89. The van der Waals surface area contributed by atoms with Gasteiger partial charge in [-0.3, -0.25) is 0 Å². The fourth-order valence-corrected chi connectivity index (χ4v) is 2.05. The molecule has 0 aliphatic rings. The van der Waals surface area contributed by atoms with E-state index in [2.05, 4.69) is 15.9 Å².